The summed E-state index contributed by atoms with van der Waals surface area (Å²) in [6, 6.07) is 0. The standard InChI is InChI=1S/C21H38N4O2/c1-21(2,3)22-19(26)15-23-10-12-25(13-11-23)20(27)16-24-9-8-17-6-4-5-7-18(17)14-24/h17-18H,4-16H2,1-3H3,(H,22,26)/t17-,18-/m1/s1. The molecule has 2 saturated heterocycles. The fourth-order valence-electron chi connectivity index (χ4n) is 4.93. The Morgan fingerprint density at radius 3 is 2.19 bits per heavy atom. The van der Waals surface area contributed by atoms with E-state index >= 15 is 0 Å². The molecule has 154 valence electrons. The summed E-state index contributed by atoms with van der Waals surface area (Å²) in [4.78, 5) is 31.3. The number of hydrogen-bond acceptors (Lipinski definition) is 4. The van der Waals surface area contributed by atoms with Gasteiger partial charge in [-0.05, 0) is 52.0 Å². The number of likely N-dealkylation sites (tertiary alicyclic amines) is 1. The summed E-state index contributed by atoms with van der Waals surface area (Å²) in [5, 5.41) is 3.01. The van der Waals surface area contributed by atoms with Crippen molar-refractivity contribution < 1.29 is 9.59 Å². The van der Waals surface area contributed by atoms with Gasteiger partial charge in [0.2, 0.25) is 11.8 Å². The predicted octanol–water partition coefficient (Wildman–Crippen LogP) is 1.56. The van der Waals surface area contributed by atoms with Crippen molar-refractivity contribution in [3.8, 4) is 0 Å². The van der Waals surface area contributed by atoms with Crippen molar-refractivity contribution in [1.82, 2.24) is 20.0 Å². The Bertz CT molecular complexity index is 523. The Morgan fingerprint density at radius 2 is 1.52 bits per heavy atom. The van der Waals surface area contributed by atoms with E-state index in [9.17, 15) is 9.59 Å². The minimum absolute atomic E-state index is 0.0672. The molecule has 0 bridgehead atoms. The number of piperidine rings is 1. The van der Waals surface area contributed by atoms with E-state index in [0.717, 1.165) is 51.1 Å². The number of hydrogen-bond donors (Lipinski definition) is 1. The van der Waals surface area contributed by atoms with Gasteiger partial charge in [-0.3, -0.25) is 19.4 Å². The van der Waals surface area contributed by atoms with E-state index in [1.54, 1.807) is 0 Å². The van der Waals surface area contributed by atoms with Crippen LogP contribution in [0.4, 0.5) is 0 Å². The zero-order chi connectivity index (χ0) is 19.4. The summed E-state index contributed by atoms with van der Waals surface area (Å²) in [6.07, 6.45) is 6.79. The molecule has 1 saturated carbocycles. The van der Waals surface area contributed by atoms with E-state index in [4.69, 9.17) is 0 Å². The highest BCUT2D eigenvalue weighted by atomic mass is 16.2. The second-order valence-corrected chi connectivity index (χ2v) is 9.78. The molecule has 1 N–H and O–H groups in total. The van der Waals surface area contributed by atoms with Gasteiger partial charge in [-0.2, -0.15) is 0 Å². The molecule has 3 fully saturated rings. The minimum atomic E-state index is -0.194. The van der Waals surface area contributed by atoms with Crippen LogP contribution in [-0.2, 0) is 9.59 Å². The molecule has 0 unspecified atom stereocenters. The number of carbonyl (C=O) groups excluding carboxylic acids is 2. The lowest BCUT2D eigenvalue weighted by molar-refractivity contribution is -0.135. The molecule has 3 aliphatic rings. The van der Waals surface area contributed by atoms with Crippen LogP contribution in [0, 0.1) is 11.8 Å². The molecule has 0 spiro atoms. The maximum atomic E-state index is 12.7. The van der Waals surface area contributed by atoms with E-state index in [1.165, 1.54) is 32.1 Å². The molecule has 2 amide bonds. The second kappa shape index (κ2) is 8.91. The smallest absolute Gasteiger partial charge is 0.236 e. The number of piperazine rings is 1. The van der Waals surface area contributed by atoms with Gasteiger partial charge in [-0.1, -0.05) is 19.3 Å². The number of fused-ring (bicyclic) bond motifs is 1. The molecule has 6 nitrogen and oxygen atoms in total. The molecule has 0 aromatic rings. The van der Waals surface area contributed by atoms with E-state index in [0.29, 0.717) is 13.1 Å². The van der Waals surface area contributed by atoms with Gasteiger partial charge in [0.1, 0.15) is 0 Å². The summed E-state index contributed by atoms with van der Waals surface area (Å²) in [7, 11) is 0. The zero-order valence-electron chi connectivity index (χ0n) is 17.5. The lowest BCUT2D eigenvalue weighted by Crippen LogP contribution is -2.54. The van der Waals surface area contributed by atoms with E-state index < -0.39 is 0 Å². The predicted molar refractivity (Wildman–Crippen MR) is 107 cm³/mol. The van der Waals surface area contributed by atoms with E-state index in [-0.39, 0.29) is 17.4 Å². The minimum Gasteiger partial charge on any atom is -0.350 e. The molecule has 2 heterocycles. The van der Waals surface area contributed by atoms with Crippen LogP contribution in [0.2, 0.25) is 0 Å². The number of nitrogens with zero attached hydrogens (tertiary/aromatic N) is 3. The van der Waals surface area contributed by atoms with Crippen LogP contribution < -0.4 is 5.32 Å². The SMILES string of the molecule is CC(C)(C)NC(=O)CN1CCN(C(=O)CN2CC[C@H]3CCCC[C@@H]3C2)CC1. The third-order valence-electron chi connectivity index (χ3n) is 6.34. The van der Waals surface area contributed by atoms with Crippen molar-refractivity contribution in [3.63, 3.8) is 0 Å². The average molecular weight is 379 g/mol. The number of amides is 2. The molecular weight excluding hydrogens is 340 g/mol. The van der Waals surface area contributed by atoms with Crippen LogP contribution in [0.25, 0.3) is 0 Å². The molecule has 0 aromatic carbocycles. The third-order valence-corrected chi connectivity index (χ3v) is 6.34. The van der Waals surface area contributed by atoms with Crippen LogP contribution in [0.3, 0.4) is 0 Å². The number of nitrogens with one attached hydrogen (secondary N) is 1. The molecule has 27 heavy (non-hydrogen) atoms. The van der Waals surface area contributed by atoms with E-state index in [1.807, 2.05) is 25.7 Å². The van der Waals surface area contributed by atoms with Crippen molar-refractivity contribution in [3.05, 3.63) is 0 Å². The molecule has 1 aliphatic carbocycles. The van der Waals surface area contributed by atoms with Gasteiger partial charge >= 0.3 is 0 Å². The summed E-state index contributed by atoms with van der Waals surface area (Å²) in [5.74, 6) is 2.06. The number of carbonyl (C=O) groups is 2. The van der Waals surface area contributed by atoms with Crippen LogP contribution in [-0.4, -0.2) is 84.4 Å². The lowest BCUT2D eigenvalue weighted by Gasteiger charge is -2.42. The average Bonchev–Trinajstić information content (AvgIpc) is 2.60. The van der Waals surface area contributed by atoms with Crippen LogP contribution in [0.1, 0.15) is 52.9 Å². The van der Waals surface area contributed by atoms with Gasteiger partial charge in [0.25, 0.3) is 0 Å². The molecule has 0 aromatic heterocycles. The normalized spacial score (nSPS) is 27.9. The largest absolute Gasteiger partial charge is 0.350 e. The first-order chi connectivity index (χ1) is 12.8. The Balaban J connectivity index is 1.38. The molecular formula is C21H38N4O2. The van der Waals surface area contributed by atoms with Crippen molar-refractivity contribution in [2.75, 3.05) is 52.4 Å². The second-order valence-electron chi connectivity index (χ2n) is 9.78. The Kier molecular flexibility index (Phi) is 6.79. The van der Waals surface area contributed by atoms with Crippen LogP contribution in [0.15, 0.2) is 0 Å². The van der Waals surface area contributed by atoms with Crippen molar-refractivity contribution >= 4 is 11.8 Å². The van der Waals surface area contributed by atoms with Crippen LogP contribution >= 0.6 is 0 Å². The molecule has 2 atom stereocenters. The van der Waals surface area contributed by atoms with Gasteiger partial charge in [-0.25, -0.2) is 0 Å². The zero-order valence-corrected chi connectivity index (χ0v) is 17.5. The number of rotatable bonds is 4. The summed E-state index contributed by atoms with van der Waals surface area (Å²) in [5.41, 5.74) is -0.194. The van der Waals surface area contributed by atoms with Gasteiger partial charge in [-0.15, -0.1) is 0 Å². The molecule has 2 aliphatic heterocycles. The van der Waals surface area contributed by atoms with Crippen molar-refractivity contribution in [1.29, 1.82) is 0 Å². The summed E-state index contributed by atoms with van der Waals surface area (Å²) >= 11 is 0. The quantitative estimate of drug-likeness (QED) is 0.807. The van der Waals surface area contributed by atoms with Gasteiger partial charge in [0.15, 0.2) is 0 Å². The third kappa shape index (κ3) is 6.18. The first-order valence-electron chi connectivity index (χ1n) is 10.8. The Labute approximate surface area is 164 Å². The van der Waals surface area contributed by atoms with Crippen molar-refractivity contribution in [2.24, 2.45) is 11.8 Å². The highest BCUT2D eigenvalue weighted by Gasteiger charge is 2.32. The maximum Gasteiger partial charge on any atom is 0.236 e. The molecule has 6 heteroatoms. The highest BCUT2D eigenvalue weighted by Crippen LogP contribution is 2.35. The van der Waals surface area contributed by atoms with E-state index in [2.05, 4.69) is 15.1 Å². The fourth-order valence-corrected chi connectivity index (χ4v) is 4.93. The van der Waals surface area contributed by atoms with Crippen molar-refractivity contribution in [2.45, 2.75) is 58.4 Å². The van der Waals surface area contributed by atoms with Gasteiger partial charge < -0.3 is 10.2 Å². The topological polar surface area (TPSA) is 55.9 Å². The first-order valence-corrected chi connectivity index (χ1v) is 10.8. The summed E-state index contributed by atoms with van der Waals surface area (Å²) < 4.78 is 0. The molecule has 3 rings (SSSR count). The highest BCUT2D eigenvalue weighted by molar-refractivity contribution is 5.79. The first kappa shape index (κ1) is 20.6. The maximum absolute atomic E-state index is 12.7. The summed E-state index contributed by atoms with van der Waals surface area (Å²) in [6.45, 7) is 12.2. The monoisotopic (exact) mass is 378 g/mol. The fraction of sp³-hybridized carbons (Fsp3) is 0.905. The van der Waals surface area contributed by atoms with Crippen LogP contribution in [0.5, 0.6) is 0 Å². The Hall–Kier alpha value is -1.14. The lowest BCUT2D eigenvalue weighted by atomic mass is 9.75. The van der Waals surface area contributed by atoms with Gasteiger partial charge in [0, 0.05) is 38.3 Å². The molecule has 0 radical (unpaired) electrons. The Morgan fingerprint density at radius 1 is 0.852 bits per heavy atom. The van der Waals surface area contributed by atoms with Gasteiger partial charge in [0.05, 0.1) is 13.1 Å².